The zero-order valence-electron chi connectivity index (χ0n) is 11.5. The average Bonchev–Trinajstić information content (AvgIpc) is 2.44. The van der Waals surface area contributed by atoms with Crippen LogP contribution in [-0.2, 0) is 4.74 Å². The van der Waals surface area contributed by atoms with Crippen LogP contribution in [0.4, 0.5) is 4.39 Å². The summed E-state index contributed by atoms with van der Waals surface area (Å²) in [6.07, 6.45) is 5.06. The fourth-order valence-corrected chi connectivity index (χ4v) is 3.21. The molecule has 104 valence electrons. The molecule has 0 radical (unpaired) electrons. The predicted octanol–water partition coefficient (Wildman–Crippen LogP) is 3.44. The van der Waals surface area contributed by atoms with E-state index in [0.29, 0.717) is 0 Å². The molecule has 1 spiro atoms. The lowest BCUT2D eigenvalue weighted by Gasteiger charge is -2.45. The highest BCUT2D eigenvalue weighted by molar-refractivity contribution is 5.20. The van der Waals surface area contributed by atoms with Gasteiger partial charge in [-0.25, -0.2) is 4.39 Å². The van der Waals surface area contributed by atoms with E-state index < -0.39 is 0 Å². The first-order valence-corrected chi connectivity index (χ1v) is 7.29. The number of hydrogen-bond acceptors (Lipinski definition) is 2. The number of rotatable bonds is 1. The van der Waals surface area contributed by atoms with Crippen LogP contribution in [0.25, 0.3) is 0 Å². The van der Waals surface area contributed by atoms with Crippen LogP contribution in [0.3, 0.4) is 0 Å². The second kappa shape index (κ2) is 5.22. The molecule has 1 saturated carbocycles. The summed E-state index contributed by atoms with van der Waals surface area (Å²) < 4.78 is 19.0. The third-order valence-electron chi connectivity index (χ3n) is 4.70. The lowest BCUT2D eigenvalue weighted by Crippen LogP contribution is -2.56. The minimum atomic E-state index is -0.190. The Bertz CT molecular complexity index is 413. The van der Waals surface area contributed by atoms with E-state index in [2.05, 4.69) is 12.2 Å². The third-order valence-corrected chi connectivity index (χ3v) is 4.70. The number of ether oxygens (including phenoxy) is 1. The van der Waals surface area contributed by atoms with Gasteiger partial charge in [0, 0.05) is 12.1 Å². The van der Waals surface area contributed by atoms with Crippen LogP contribution >= 0.6 is 0 Å². The second-order valence-electron chi connectivity index (χ2n) is 6.19. The lowest BCUT2D eigenvalue weighted by atomic mass is 9.77. The van der Waals surface area contributed by atoms with E-state index in [4.69, 9.17) is 4.74 Å². The number of halogens is 1. The number of hydrogen-bond donors (Lipinski definition) is 1. The standard InChI is InChI=1S/C16H22FNO/c1-12-6-8-16(9-7-12)11-19-15(10-18-16)13-2-4-14(17)5-3-13/h2-5,12,15,18H,6-11H2,1H3. The zero-order valence-corrected chi connectivity index (χ0v) is 11.5. The summed E-state index contributed by atoms with van der Waals surface area (Å²) in [5, 5.41) is 3.70. The lowest BCUT2D eigenvalue weighted by molar-refractivity contribution is -0.0504. The molecule has 1 atom stereocenters. The molecular weight excluding hydrogens is 241 g/mol. The monoisotopic (exact) mass is 263 g/mol. The number of nitrogens with one attached hydrogen (secondary N) is 1. The highest BCUT2D eigenvalue weighted by atomic mass is 19.1. The van der Waals surface area contributed by atoms with Gasteiger partial charge in [0.25, 0.3) is 0 Å². The molecule has 0 aromatic heterocycles. The smallest absolute Gasteiger partial charge is 0.123 e. The average molecular weight is 263 g/mol. The first-order valence-electron chi connectivity index (χ1n) is 7.29. The van der Waals surface area contributed by atoms with Gasteiger partial charge in [0.2, 0.25) is 0 Å². The Kier molecular flexibility index (Phi) is 3.59. The van der Waals surface area contributed by atoms with Gasteiger partial charge in [-0.15, -0.1) is 0 Å². The predicted molar refractivity (Wildman–Crippen MR) is 73.5 cm³/mol. The molecule has 1 aromatic rings. The maximum Gasteiger partial charge on any atom is 0.123 e. The summed E-state index contributed by atoms with van der Waals surface area (Å²) >= 11 is 0. The summed E-state index contributed by atoms with van der Waals surface area (Å²) in [4.78, 5) is 0. The minimum absolute atomic E-state index is 0.0607. The summed E-state index contributed by atoms with van der Waals surface area (Å²) in [5.74, 6) is 0.660. The van der Waals surface area contributed by atoms with Crippen molar-refractivity contribution in [3.8, 4) is 0 Å². The van der Waals surface area contributed by atoms with Crippen molar-refractivity contribution in [3.63, 3.8) is 0 Å². The van der Waals surface area contributed by atoms with Crippen molar-refractivity contribution in [3.05, 3.63) is 35.6 Å². The Morgan fingerprint density at radius 1 is 1.21 bits per heavy atom. The van der Waals surface area contributed by atoms with Gasteiger partial charge in [-0.3, -0.25) is 0 Å². The van der Waals surface area contributed by atoms with Crippen molar-refractivity contribution in [2.24, 2.45) is 5.92 Å². The molecule has 1 aliphatic carbocycles. The topological polar surface area (TPSA) is 21.3 Å². The first-order chi connectivity index (χ1) is 9.17. The summed E-state index contributed by atoms with van der Waals surface area (Å²) in [7, 11) is 0. The van der Waals surface area contributed by atoms with E-state index in [-0.39, 0.29) is 17.5 Å². The molecule has 0 amide bonds. The molecular formula is C16H22FNO. The van der Waals surface area contributed by atoms with E-state index in [1.54, 1.807) is 0 Å². The zero-order chi connectivity index (χ0) is 13.3. The summed E-state index contributed by atoms with van der Waals surface area (Å²) in [5.41, 5.74) is 1.26. The van der Waals surface area contributed by atoms with Gasteiger partial charge in [-0.05, 0) is 49.3 Å². The Morgan fingerprint density at radius 3 is 2.47 bits per heavy atom. The van der Waals surface area contributed by atoms with Crippen LogP contribution < -0.4 is 5.32 Å². The summed E-state index contributed by atoms with van der Waals surface area (Å²) in [6, 6.07) is 6.65. The molecule has 1 N–H and O–H groups in total. The Hall–Kier alpha value is -0.930. The van der Waals surface area contributed by atoms with Gasteiger partial charge >= 0.3 is 0 Å². The molecule has 1 saturated heterocycles. The van der Waals surface area contributed by atoms with E-state index >= 15 is 0 Å². The minimum Gasteiger partial charge on any atom is -0.370 e. The second-order valence-corrected chi connectivity index (χ2v) is 6.19. The third kappa shape index (κ3) is 2.82. The molecule has 3 rings (SSSR count). The Labute approximate surface area is 114 Å². The van der Waals surface area contributed by atoms with Crippen LogP contribution in [0.2, 0.25) is 0 Å². The highest BCUT2D eigenvalue weighted by Gasteiger charge is 2.38. The van der Waals surface area contributed by atoms with Gasteiger partial charge in [-0.1, -0.05) is 19.1 Å². The maximum atomic E-state index is 12.9. The van der Waals surface area contributed by atoms with Crippen LogP contribution in [0.1, 0.15) is 44.3 Å². The van der Waals surface area contributed by atoms with Gasteiger partial charge in [-0.2, -0.15) is 0 Å². The quantitative estimate of drug-likeness (QED) is 0.838. The van der Waals surface area contributed by atoms with E-state index in [9.17, 15) is 4.39 Å². The van der Waals surface area contributed by atoms with E-state index in [1.165, 1.54) is 37.8 Å². The van der Waals surface area contributed by atoms with Crippen molar-refractivity contribution in [2.75, 3.05) is 13.2 Å². The molecule has 1 aromatic carbocycles. The van der Waals surface area contributed by atoms with Crippen molar-refractivity contribution in [1.82, 2.24) is 5.32 Å². The number of benzene rings is 1. The SMILES string of the molecule is CC1CCC2(CC1)COC(c1ccc(F)cc1)CN2. The molecule has 2 aliphatic rings. The van der Waals surface area contributed by atoms with Crippen LogP contribution in [-0.4, -0.2) is 18.7 Å². The van der Waals surface area contributed by atoms with Gasteiger partial charge in [0.15, 0.2) is 0 Å². The molecule has 1 unspecified atom stereocenters. The molecule has 19 heavy (non-hydrogen) atoms. The number of morpholine rings is 1. The van der Waals surface area contributed by atoms with Crippen molar-refractivity contribution in [1.29, 1.82) is 0 Å². The van der Waals surface area contributed by atoms with Crippen LogP contribution in [0.15, 0.2) is 24.3 Å². The van der Waals surface area contributed by atoms with Crippen molar-refractivity contribution in [2.45, 2.75) is 44.2 Å². The van der Waals surface area contributed by atoms with Crippen molar-refractivity contribution >= 4 is 0 Å². The van der Waals surface area contributed by atoms with E-state index in [1.807, 2.05) is 12.1 Å². The molecule has 2 fully saturated rings. The maximum absolute atomic E-state index is 12.9. The fourth-order valence-electron chi connectivity index (χ4n) is 3.21. The normalized spacial score (nSPS) is 35.5. The largest absolute Gasteiger partial charge is 0.370 e. The van der Waals surface area contributed by atoms with Crippen LogP contribution in [0.5, 0.6) is 0 Å². The molecule has 2 nitrogen and oxygen atoms in total. The molecule has 1 heterocycles. The van der Waals surface area contributed by atoms with Gasteiger partial charge in [0.1, 0.15) is 5.82 Å². The van der Waals surface area contributed by atoms with E-state index in [0.717, 1.165) is 24.6 Å². The van der Waals surface area contributed by atoms with Crippen molar-refractivity contribution < 1.29 is 9.13 Å². The van der Waals surface area contributed by atoms with Gasteiger partial charge < -0.3 is 10.1 Å². The molecule has 3 heteroatoms. The van der Waals surface area contributed by atoms with Crippen LogP contribution in [0, 0.1) is 11.7 Å². The molecule has 1 aliphatic heterocycles. The fraction of sp³-hybridized carbons (Fsp3) is 0.625. The Morgan fingerprint density at radius 2 is 1.89 bits per heavy atom. The highest BCUT2D eigenvalue weighted by Crippen LogP contribution is 2.36. The Balaban J connectivity index is 1.61. The van der Waals surface area contributed by atoms with Gasteiger partial charge in [0.05, 0.1) is 12.7 Å². The molecule has 0 bridgehead atoms. The first kappa shape index (κ1) is 13.1. The summed E-state index contributed by atoms with van der Waals surface area (Å²) in [6.45, 7) is 3.94.